The van der Waals surface area contributed by atoms with Crippen molar-refractivity contribution >= 4 is 28.3 Å². The van der Waals surface area contributed by atoms with Crippen LogP contribution in [0.25, 0.3) is 0 Å². The Kier molecular flexibility index (Phi) is 3.71. The summed E-state index contributed by atoms with van der Waals surface area (Å²) in [7, 11) is 0. The van der Waals surface area contributed by atoms with Gasteiger partial charge in [0.2, 0.25) is 0 Å². The van der Waals surface area contributed by atoms with Gasteiger partial charge in [0.05, 0.1) is 6.54 Å². The molecule has 0 radical (unpaired) electrons. The molecular weight excluding hydrogens is 248 g/mol. The van der Waals surface area contributed by atoms with Crippen molar-refractivity contribution in [3.8, 4) is 0 Å². The van der Waals surface area contributed by atoms with Crippen LogP contribution in [0.3, 0.4) is 0 Å². The molecule has 2 unspecified atom stereocenters. The summed E-state index contributed by atoms with van der Waals surface area (Å²) in [6, 6.07) is 2.86. The van der Waals surface area contributed by atoms with Gasteiger partial charge in [-0.3, -0.25) is 4.99 Å². The van der Waals surface area contributed by atoms with Gasteiger partial charge in [0, 0.05) is 11.8 Å². The third-order valence-electron chi connectivity index (χ3n) is 3.64. The van der Waals surface area contributed by atoms with Gasteiger partial charge < -0.3 is 5.32 Å². The highest BCUT2D eigenvalue weighted by Crippen LogP contribution is 2.31. The van der Waals surface area contributed by atoms with Crippen molar-refractivity contribution < 1.29 is 0 Å². The number of thioether (sulfide) groups is 1. The van der Waals surface area contributed by atoms with Crippen LogP contribution in [0.1, 0.15) is 31.2 Å². The van der Waals surface area contributed by atoms with Crippen LogP contribution in [0.5, 0.6) is 0 Å². The predicted molar refractivity (Wildman–Crippen MR) is 76.8 cm³/mol. The molecule has 2 fully saturated rings. The Labute approximate surface area is 111 Å². The third-order valence-corrected chi connectivity index (χ3v) is 5.48. The van der Waals surface area contributed by atoms with Crippen molar-refractivity contribution in [1.82, 2.24) is 5.32 Å². The molecule has 4 heteroatoms. The fourth-order valence-electron chi connectivity index (χ4n) is 2.62. The monoisotopic (exact) mass is 266 g/mol. The molecule has 0 amide bonds. The molecular formula is C13H18N2S2. The zero-order chi connectivity index (χ0) is 11.5. The molecule has 1 saturated carbocycles. The lowest BCUT2D eigenvalue weighted by Gasteiger charge is -2.36. The minimum absolute atomic E-state index is 0.700. The summed E-state index contributed by atoms with van der Waals surface area (Å²) in [5, 5.41) is 9.10. The maximum absolute atomic E-state index is 4.69. The highest BCUT2D eigenvalue weighted by molar-refractivity contribution is 8.13. The molecule has 1 aliphatic carbocycles. The largest absolute Gasteiger partial charge is 0.362 e. The molecule has 17 heavy (non-hydrogen) atoms. The van der Waals surface area contributed by atoms with E-state index in [1.807, 2.05) is 11.8 Å². The van der Waals surface area contributed by atoms with Crippen LogP contribution in [0.4, 0.5) is 0 Å². The standard InChI is InChI=1S/C13H18N2S2/c1-2-4-12-11(3-1)9-17-13(15-12)14-7-10-5-6-16-8-10/h5-6,8,11-12H,1-4,7,9H2,(H,14,15). The van der Waals surface area contributed by atoms with Gasteiger partial charge in [-0.25, -0.2) is 0 Å². The first-order chi connectivity index (χ1) is 8.42. The van der Waals surface area contributed by atoms with E-state index in [1.54, 1.807) is 11.3 Å². The van der Waals surface area contributed by atoms with E-state index in [0.717, 1.165) is 12.5 Å². The first-order valence-electron chi connectivity index (χ1n) is 6.37. The average molecular weight is 266 g/mol. The van der Waals surface area contributed by atoms with Crippen LogP contribution in [-0.4, -0.2) is 17.0 Å². The van der Waals surface area contributed by atoms with Gasteiger partial charge in [-0.15, -0.1) is 0 Å². The van der Waals surface area contributed by atoms with E-state index in [-0.39, 0.29) is 0 Å². The Morgan fingerprint density at radius 3 is 3.18 bits per heavy atom. The summed E-state index contributed by atoms with van der Waals surface area (Å²) >= 11 is 3.66. The highest BCUT2D eigenvalue weighted by Gasteiger charge is 2.29. The van der Waals surface area contributed by atoms with E-state index in [2.05, 4.69) is 22.1 Å². The molecule has 2 aliphatic rings. The molecule has 2 heterocycles. The number of rotatable bonds is 2. The summed E-state index contributed by atoms with van der Waals surface area (Å²) in [6.45, 7) is 0.830. The van der Waals surface area contributed by atoms with E-state index < -0.39 is 0 Å². The first-order valence-corrected chi connectivity index (χ1v) is 8.29. The number of nitrogens with zero attached hydrogens (tertiary/aromatic N) is 1. The Morgan fingerprint density at radius 1 is 1.35 bits per heavy atom. The number of thiophene rings is 1. The van der Waals surface area contributed by atoms with Gasteiger partial charge in [0.15, 0.2) is 5.17 Å². The molecule has 1 aromatic heterocycles. The second-order valence-electron chi connectivity index (χ2n) is 4.86. The van der Waals surface area contributed by atoms with E-state index >= 15 is 0 Å². The predicted octanol–water partition coefficient (Wildman–Crippen LogP) is 3.50. The SMILES string of the molecule is c1cc(CN=C2NC3CCCCC3CS2)cs1. The number of hydrogen-bond donors (Lipinski definition) is 1. The number of hydrogen-bond acceptors (Lipinski definition) is 3. The van der Waals surface area contributed by atoms with E-state index in [9.17, 15) is 0 Å². The maximum atomic E-state index is 4.69. The van der Waals surface area contributed by atoms with Crippen LogP contribution >= 0.6 is 23.1 Å². The zero-order valence-electron chi connectivity index (χ0n) is 9.89. The second kappa shape index (κ2) is 5.44. The molecule has 1 aromatic rings. The van der Waals surface area contributed by atoms with Crippen LogP contribution in [0.15, 0.2) is 21.8 Å². The topological polar surface area (TPSA) is 24.4 Å². The Balaban J connectivity index is 1.59. The molecule has 3 rings (SSSR count). The fourth-order valence-corrected chi connectivity index (χ4v) is 4.44. The second-order valence-corrected chi connectivity index (χ2v) is 6.65. The minimum Gasteiger partial charge on any atom is -0.362 e. The van der Waals surface area contributed by atoms with Crippen LogP contribution in [0.2, 0.25) is 0 Å². The number of nitrogens with one attached hydrogen (secondary N) is 1. The lowest BCUT2D eigenvalue weighted by molar-refractivity contribution is 0.311. The van der Waals surface area contributed by atoms with E-state index in [0.29, 0.717) is 6.04 Å². The Morgan fingerprint density at radius 2 is 2.29 bits per heavy atom. The number of fused-ring (bicyclic) bond motifs is 1. The molecule has 2 atom stereocenters. The fraction of sp³-hybridized carbons (Fsp3) is 0.615. The van der Waals surface area contributed by atoms with Crippen molar-refractivity contribution in [3.63, 3.8) is 0 Å². The van der Waals surface area contributed by atoms with Gasteiger partial charge in [-0.1, -0.05) is 24.6 Å². The minimum atomic E-state index is 0.700. The molecule has 0 aromatic carbocycles. The van der Waals surface area contributed by atoms with Crippen molar-refractivity contribution in [2.45, 2.75) is 38.3 Å². The molecule has 1 N–H and O–H groups in total. The lowest BCUT2D eigenvalue weighted by Crippen LogP contribution is -2.46. The average Bonchev–Trinajstić information content (AvgIpc) is 2.89. The molecule has 92 valence electrons. The van der Waals surface area contributed by atoms with Gasteiger partial charge in [-0.2, -0.15) is 11.3 Å². The molecule has 1 saturated heterocycles. The summed E-state index contributed by atoms with van der Waals surface area (Å²) in [5.74, 6) is 2.15. The van der Waals surface area contributed by atoms with Gasteiger partial charge in [0.1, 0.15) is 0 Å². The van der Waals surface area contributed by atoms with E-state index in [4.69, 9.17) is 4.99 Å². The summed E-state index contributed by atoms with van der Waals surface area (Å²) in [4.78, 5) is 4.69. The molecule has 2 nitrogen and oxygen atoms in total. The Bertz CT molecular complexity index is 386. The lowest BCUT2D eigenvalue weighted by atomic mass is 9.86. The maximum Gasteiger partial charge on any atom is 0.157 e. The quantitative estimate of drug-likeness (QED) is 0.886. The molecule has 0 spiro atoms. The van der Waals surface area contributed by atoms with Crippen molar-refractivity contribution in [2.24, 2.45) is 10.9 Å². The normalized spacial score (nSPS) is 30.9. The molecule has 0 bridgehead atoms. The number of aliphatic imine (C=N–C) groups is 1. The number of amidine groups is 1. The van der Waals surface area contributed by atoms with Crippen LogP contribution < -0.4 is 5.32 Å². The van der Waals surface area contributed by atoms with Gasteiger partial charge in [-0.05, 0) is 41.1 Å². The van der Waals surface area contributed by atoms with Crippen molar-refractivity contribution in [3.05, 3.63) is 22.4 Å². The Hall–Kier alpha value is -0.480. The van der Waals surface area contributed by atoms with Crippen molar-refractivity contribution in [1.29, 1.82) is 0 Å². The zero-order valence-corrected chi connectivity index (χ0v) is 11.5. The van der Waals surface area contributed by atoms with E-state index in [1.165, 1.54) is 42.2 Å². The summed E-state index contributed by atoms with van der Waals surface area (Å²) < 4.78 is 0. The van der Waals surface area contributed by atoms with Crippen molar-refractivity contribution in [2.75, 3.05) is 5.75 Å². The van der Waals surface area contributed by atoms with Crippen LogP contribution in [-0.2, 0) is 6.54 Å². The third kappa shape index (κ3) is 2.86. The summed E-state index contributed by atoms with van der Waals surface area (Å²) in [6.07, 6.45) is 5.55. The molecule has 1 aliphatic heterocycles. The highest BCUT2D eigenvalue weighted by atomic mass is 32.2. The summed E-state index contributed by atoms with van der Waals surface area (Å²) in [5.41, 5.74) is 1.33. The van der Waals surface area contributed by atoms with Gasteiger partial charge in [0.25, 0.3) is 0 Å². The first kappa shape index (κ1) is 11.6. The van der Waals surface area contributed by atoms with Gasteiger partial charge >= 0.3 is 0 Å². The smallest absolute Gasteiger partial charge is 0.157 e. The van der Waals surface area contributed by atoms with Crippen LogP contribution in [0, 0.1) is 5.92 Å².